The van der Waals surface area contributed by atoms with Crippen LogP contribution in [0.2, 0.25) is 0 Å². The Morgan fingerprint density at radius 1 is 1.52 bits per heavy atom. The summed E-state index contributed by atoms with van der Waals surface area (Å²) in [6.07, 6.45) is 0.696. The number of nitrogens with zero attached hydrogens (tertiary/aromatic N) is 3. The predicted octanol–water partition coefficient (Wildman–Crippen LogP) is -0.412. The average molecular weight is 294 g/mol. The number of aliphatic hydroxyl groups excluding tert-OH is 2. The fourth-order valence-corrected chi connectivity index (χ4v) is 2.74. The molecule has 1 saturated heterocycles. The fraction of sp³-hybridized carbons (Fsp3) is 0.538. The molecule has 21 heavy (non-hydrogen) atoms. The number of rotatable bonds is 3. The molecule has 114 valence electrons. The second-order valence-corrected chi connectivity index (χ2v) is 5.12. The highest BCUT2D eigenvalue weighted by Crippen LogP contribution is 2.34. The lowest BCUT2D eigenvalue weighted by Crippen LogP contribution is -2.34. The summed E-state index contributed by atoms with van der Waals surface area (Å²) in [5, 5.41) is 20.3. The molecule has 0 aromatic carbocycles. The van der Waals surface area contributed by atoms with Gasteiger partial charge in [-0.05, 0) is 12.5 Å². The molecule has 0 radical (unpaired) electrons. The number of ether oxygens (including phenoxy) is 2. The summed E-state index contributed by atoms with van der Waals surface area (Å²) >= 11 is 0. The van der Waals surface area contributed by atoms with E-state index in [4.69, 9.17) is 15.2 Å². The standard InChI is InChI=1S/C13H18N4O4/c1-6-4-17(11-7(6)3-15-13(14)16-11)12-10(20-2)9(19)8(5-18)21-12/h3-4,8-10,12,18-19H,5H2,1-2H3,(H2,14,15,16)/t8-,9-,10-,12-/m1/s1. The van der Waals surface area contributed by atoms with Crippen LogP contribution in [0.25, 0.3) is 11.0 Å². The van der Waals surface area contributed by atoms with Crippen LogP contribution < -0.4 is 5.73 Å². The first-order valence-electron chi connectivity index (χ1n) is 6.63. The van der Waals surface area contributed by atoms with Crippen molar-refractivity contribution in [1.29, 1.82) is 0 Å². The number of aryl methyl sites for hydroxylation is 1. The van der Waals surface area contributed by atoms with E-state index in [9.17, 15) is 10.2 Å². The molecule has 2 aromatic heterocycles. The molecule has 4 N–H and O–H groups in total. The maximum atomic E-state index is 10.1. The van der Waals surface area contributed by atoms with Crippen molar-refractivity contribution in [1.82, 2.24) is 14.5 Å². The van der Waals surface area contributed by atoms with Gasteiger partial charge in [0.2, 0.25) is 5.95 Å². The Hall–Kier alpha value is -1.74. The highest BCUT2D eigenvalue weighted by atomic mass is 16.6. The molecule has 1 aliphatic rings. The van der Waals surface area contributed by atoms with Gasteiger partial charge in [-0.1, -0.05) is 0 Å². The minimum atomic E-state index is -0.915. The smallest absolute Gasteiger partial charge is 0.221 e. The normalized spacial score (nSPS) is 29.3. The second-order valence-electron chi connectivity index (χ2n) is 5.12. The Kier molecular flexibility index (Phi) is 3.54. The van der Waals surface area contributed by atoms with Crippen molar-refractivity contribution in [3.05, 3.63) is 18.0 Å². The second kappa shape index (κ2) is 5.23. The van der Waals surface area contributed by atoms with Gasteiger partial charge in [0.1, 0.15) is 24.0 Å². The van der Waals surface area contributed by atoms with Gasteiger partial charge < -0.3 is 30.0 Å². The van der Waals surface area contributed by atoms with Crippen molar-refractivity contribution < 1.29 is 19.7 Å². The summed E-state index contributed by atoms with van der Waals surface area (Å²) in [7, 11) is 1.49. The van der Waals surface area contributed by atoms with E-state index in [1.807, 2.05) is 13.1 Å². The van der Waals surface area contributed by atoms with Gasteiger partial charge in [0.25, 0.3) is 0 Å². The maximum absolute atomic E-state index is 10.1. The summed E-state index contributed by atoms with van der Waals surface area (Å²) < 4.78 is 12.8. The summed E-state index contributed by atoms with van der Waals surface area (Å²) in [5.74, 6) is 0.160. The number of methoxy groups -OCH3 is 1. The van der Waals surface area contributed by atoms with Crippen molar-refractivity contribution in [3.63, 3.8) is 0 Å². The van der Waals surface area contributed by atoms with Gasteiger partial charge in [0.15, 0.2) is 6.23 Å². The highest BCUT2D eigenvalue weighted by molar-refractivity contribution is 5.80. The van der Waals surface area contributed by atoms with Crippen LogP contribution in [0.15, 0.2) is 12.4 Å². The van der Waals surface area contributed by atoms with E-state index in [1.165, 1.54) is 7.11 Å². The van der Waals surface area contributed by atoms with Gasteiger partial charge in [0.05, 0.1) is 6.61 Å². The molecule has 8 heteroatoms. The van der Waals surface area contributed by atoms with Gasteiger partial charge >= 0.3 is 0 Å². The maximum Gasteiger partial charge on any atom is 0.221 e. The van der Waals surface area contributed by atoms with Gasteiger partial charge in [0, 0.05) is 24.9 Å². The molecule has 0 spiro atoms. The van der Waals surface area contributed by atoms with Gasteiger partial charge in [-0.15, -0.1) is 0 Å². The Labute approximate surface area is 121 Å². The highest BCUT2D eigenvalue weighted by Gasteiger charge is 2.45. The summed E-state index contributed by atoms with van der Waals surface area (Å²) in [6, 6.07) is 0. The number of hydrogen-bond donors (Lipinski definition) is 3. The third kappa shape index (κ3) is 2.16. The molecular formula is C13H18N4O4. The van der Waals surface area contributed by atoms with Gasteiger partial charge in [-0.2, -0.15) is 4.98 Å². The molecule has 2 aromatic rings. The fourth-order valence-electron chi connectivity index (χ4n) is 2.74. The zero-order valence-electron chi connectivity index (χ0n) is 11.8. The van der Waals surface area contributed by atoms with Crippen LogP contribution in [0.1, 0.15) is 11.8 Å². The van der Waals surface area contributed by atoms with E-state index in [2.05, 4.69) is 9.97 Å². The van der Waals surface area contributed by atoms with E-state index < -0.39 is 24.5 Å². The topological polar surface area (TPSA) is 116 Å². The van der Waals surface area contributed by atoms with Crippen molar-refractivity contribution >= 4 is 17.0 Å². The monoisotopic (exact) mass is 294 g/mol. The van der Waals surface area contributed by atoms with Crippen molar-refractivity contribution in [2.24, 2.45) is 0 Å². The van der Waals surface area contributed by atoms with Crippen molar-refractivity contribution in [2.75, 3.05) is 19.5 Å². The Balaban J connectivity index is 2.09. The molecular weight excluding hydrogens is 276 g/mol. The van der Waals surface area contributed by atoms with Gasteiger partial charge in [-0.3, -0.25) is 0 Å². The summed E-state index contributed by atoms with van der Waals surface area (Å²) in [5.41, 5.74) is 7.22. The zero-order chi connectivity index (χ0) is 15.1. The van der Waals surface area contributed by atoms with Crippen LogP contribution in [0.4, 0.5) is 5.95 Å². The molecule has 1 fully saturated rings. The quantitative estimate of drug-likeness (QED) is 0.704. The molecule has 0 amide bonds. The Bertz CT molecular complexity index is 659. The summed E-state index contributed by atoms with van der Waals surface area (Å²) in [4.78, 5) is 8.22. The van der Waals surface area contributed by atoms with Crippen LogP contribution >= 0.6 is 0 Å². The van der Waals surface area contributed by atoms with E-state index in [0.29, 0.717) is 5.65 Å². The predicted molar refractivity (Wildman–Crippen MR) is 74.5 cm³/mol. The van der Waals surface area contributed by atoms with E-state index >= 15 is 0 Å². The molecule has 3 heterocycles. The number of anilines is 1. The van der Waals surface area contributed by atoms with Crippen LogP contribution in [0.3, 0.4) is 0 Å². The number of aliphatic hydroxyl groups is 2. The van der Waals surface area contributed by atoms with Crippen LogP contribution in [-0.4, -0.2) is 56.8 Å². The molecule has 0 aliphatic carbocycles. The number of fused-ring (bicyclic) bond motifs is 1. The molecule has 0 unspecified atom stereocenters. The van der Waals surface area contributed by atoms with Crippen LogP contribution in [-0.2, 0) is 9.47 Å². The molecule has 0 saturated carbocycles. The van der Waals surface area contributed by atoms with Crippen molar-refractivity contribution in [2.45, 2.75) is 31.5 Å². The van der Waals surface area contributed by atoms with E-state index in [-0.39, 0.29) is 12.6 Å². The third-order valence-electron chi connectivity index (χ3n) is 3.83. The van der Waals surface area contributed by atoms with E-state index in [0.717, 1.165) is 10.9 Å². The summed E-state index contributed by atoms with van der Waals surface area (Å²) in [6.45, 7) is 1.64. The average Bonchev–Trinajstić information content (AvgIpc) is 2.96. The number of nitrogen functional groups attached to an aromatic ring is 1. The van der Waals surface area contributed by atoms with Crippen LogP contribution in [0.5, 0.6) is 0 Å². The minimum absolute atomic E-state index is 0.160. The Morgan fingerprint density at radius 2 is 2.29 bits per heavy atom. The lowest BCUT2D eigenvalue weighted by Gasteiger charge is -2.20. The Morgan fingerprint density at radius 3 is 2.95 bits per heavy atom. The molecule has 4 atom stereocenters. The molecule has 1 aliphatic heterocycles. The minimum Gasteiger partial charge on any atom is -0.394 e. The molecule has 8 nitrogen and oxygen atoms in total. The number of hydrogen-bond acceptors (Lipinski definition) is 7. The molecule has 3 rings (SSSR count). The van der Waals surface area contributed by atoms with E-state index in [1.54, 1.807) is 10.8 Å². The lowest BCUT2D eigenvalue weighted by atomic mass is 10.1. The first-order chi connectivity index (χ1) is 10.1. The van der Waals surface area contributed by atoms with Gasteiger partial charge in [-0.25, -0.2) is 4.98 Å². The number of nitrogens with two attached hydrogens (primary N) is 1. The van der Waals surface area contributed by atoms with Crippen LogP contribution in [0, 0.1) is 6.92 Å². The largest absolute Gasteiger partial charge is 0.394 e. The first kappa shape index (κ1) is 14.2. The lowest BCUT2D eigenvalue weighted by molar-refractivity contribution is -0.0580. The van der Waals surface area contributed by atoms with Crippen molar-refractivity contribution in [3.8, 4) is 0 Å². The number of aromatic nitrogens is 3. The third-order valence-corrected chi connectivity index (χ3v) is 3.83. The molecule has 0 bridgehead atoms. The zero-order valence-corrected chi connectivity index (χ0v) is 11.8. The SMILES string of the molecule is CO[C@@H]1[C@H](O)[C@@H](CO)O[C@H]1n1cc(C)c2cnc(N)nc21. The first-order valence-corrected chi connectivity index (χ1v) is 6.63.